The molecule has 1 heterocycles. The minimum Gasteiger partial charge on any atom is -0.383 e. The number of aromatic nitrogens is 3. The van der Waals surface area contributed by atoms with Crippen LogP contribution in [0.4, 0.5) is 4.39 Å². The molecule has 0 spiro atoms. The van der Waals surface area contributed by atoms with Gasteiger partial charge in [-0.15, -0.1) is 10.2 Å². The lowest BCUT2D eigenvalue weighted by Crippen LogP contribution is -2.28. The van der Waals surface area contributed by atoms with Gasteiger partial charge in [0.15, 0.2) is 11.0 Å². The summed E-state index contributed by atoms with van der Waals surface area (Å²) in [6, 6.07) is 6.04. The van der Waals surface area contributed by atoms with Crippen LogP contribution in [0.1, 0.15) is 0 Å². The number of amides is 1. The lowest BCUT2D eigenvalue weighted by atomic mass is 10.2. The Kier molecular flexibility index (Phi) is 5.91. The Bertz CT molecular complexity index is 630. The quantitative estimate of drug-likeness (QED) is 0.617. The lowest BCUT2D eigenvalue weighted by molar-refractivity contribution is -0.118. The van der Waals surface area contributed by atoms with Crippen molar-refractivity contribution >= 4 is 17.7 Å². The monoisotopic (exact) mass is 324 g/mol. The molecule has 0 saturated heterocycles. The third-order valence-electron chi connectivity index (χ3n) is 2.90. The standard InChI is InChI=1S/C14H17FN4O2S/c1-19-13(10-3-5-11(15)6-4-10)17-18-14(19)22-9-12(20)16-7-8-21-2/h3-6H,7-9H2,1-2H3,(H,16,20). The van der Waals surface area contributed by atoms with E-state index in [0.29, 0.717) is 24.1 Å². The zero-order valence-corrected chi connectivity index (χ0v) is 13.2. The van der Waals surface area contributed by atoms with E-state index in [2.05, 4.69) is 15.5 Å². The minimum absolute atomic E-state index is 0.0895. The molecular formula is C14H17FN4O2S. The van der Waals surface area contributed by atoms with Gasteiger partial charge in [0, 0.05) is 26.3 Å². The van der Waals surface area contributed by atoms with Crippen molar-refractivity contribution < 1.29 is 13.9 Å². The predicted molar refractivity (Wildman–Crippen MR) is 82.0 cm³/mol. The van der Waals surface area contributed by atoms with Crippen LogP contribution in [0.2, 0.25) is 0 Å². The van der Waals surface area contributed by atoms with Crippen LogP contribution in [-0.4, -0.2) is 46.7 Å². The zero-order valence-electron chi connectivity index (χ0n) is 12.4. The number of rotatable bonds is 7. The van der Waals surface area contributed by atoms with Crippen molar-refractivity contribution in [2.45, 2.75) is 5.16 Å². The number of methoxy groups -OCH3 is 1. The van der Waals surface area contributed by atoms with Gasteiger partial charge < -0.3 is 14.6 Å². The summed E-state index contributed by atoms with van der Waals surface area (Å²) in [6.07, 6.45) is 0. The highest BCUT2D eigenvalue weighted by molar-refractivity contribution is 7.99. The van der Waals surface area contributed by atoms with E-state index in [0.717, 1.165) is 5.56 Å². The molecule has 0 aliphatic carbocycles. The summed E-state index contributed by atoms with van der Waals surface area (Å²) in [7, 11) is 3.39. The van der Waals surface area contributed by atoms with Crippen molar-refractivity contribution in [3.8, 4) is 11.4 Å². The molecule has 0 bridgehead atoms. The maximum atomic E-state index is 12.9. The van der Waals surface area contributed by atoms with E-state index in [4.69, 9.17) is 4.74 Å². The summed E-state index contributed by atoms with van der Waals surface area (Å²) in [5.74, 6) is 0.489. The number of hydrogen-bond donors (Lipinski definition) is 1. The molecule has 1 aromatic heterocycles. The maximum absolute atomic E-state index is 12.9. The minimum atomic E-state index is -0.298. The van der Waals surface area contributed by atoms with Gasteiger partial charge in [-0.05, 0) is 24.3 Å². The highest BCUT2D eigenvalue weighted by atomic mass is 32.2. The number of hydrogen-bond acceptors (Lipinski definition) is 5. The molecule has 6 nitrogen and oxygen atoms in total. The third kappa shape index (κ3) is 4.28. The number of halogens is 1. The topological polar surface area (TPSA) is 69.0 Å². The summed E-state index contributed by atoms with van der Waals surface area (Å²) in [5.41, 5.74) is 0.771. The second kappa shape index (κ2) is 7.90. The zero-order chi connectivity index (χ0) is 15.9. The van der Waals surface area contributed by atoms with E-state index < -0.39 is 0 Å². The number of benzene rings is 1. The Hall–Kier alpha value is -1.93. The summed E-state index contributed by atoms with van der Waals surface area (Å²) in [6.45, 7) is 0.963. The molecule has 1 aromatic carbocycles. The van der Waals surface area contributed by atoms with E-state index in [1.807, 2.05) is 7.05 Å². The van der Waals surface area contributed by atoms with Crippen LogP contribution in [0.25, 0.3) is 11.4 Å². The molecule has 0 aliphatic heterocycles. The molecule has 118 valence electrons. The molecule has 2 rings (SSSR count). The van der Waals surface area contributed by atoms with Crippen LogP contribution < -0.4 is 5.32 Å². The first-order chi connectivity index (χ1) is 10.6. The molecule has 0 aliphatic rings. The normalized spacial score (nSPS) is 10.7. The summed E-state index contributed by atoms with van der Waals surface area (Å²) in [4.78, 5) is 11.6. The van der Waals surface area contributed by atoms with E-state index in [1.165, 1.54) is 23.9 Å². The van der Waals surface area contributed by atoms with Crippen LogP contribution >= 0.6 is 11.8 Å². The molecule has 0 radical (unpaired) electrons. The second-order valence-electron chi connectivity index (χ2n) is 4.50. The van der Waals surface area contributed by atoms with E-state index in [9.17, 15) is 9.18 Å². The molecule has 8 heteroatoms. The highest BCUT2D eigenvalue weighted by Gasteiger charge is 2.12. The number of ether oxygens (including phenoxy) is 1. The Labute approximate surface area is 132 Å². The van der Waals surface area contributed by atoms with Crippen molar-refractivity contribution in [1.82, 2.24) is 20.1 Å². The SMILES string of the molecule is COCCNC(=O)CSc1nnc(-c2ccc(F)cc2)n1C. The number of nitrogens with one attached hydrogen (secondary N) is 1. The average Bonchev–Trinajstić information content (AvgIpc) is 2.87. The predicted octanol–water partition coefficient (Wildman–Crippen LogP) is 1.48. The number of carbonyl (C=O) groups is 1. The first kappa shape index (κ1) is 16.4. The van der Waals surface area contributed by atoms with Gasteiger partial charge in [-0.25, -0.2) is 4.39 Å². The molecule has 0 unspecified atom stereocenters. The molecule has 2 aromatic rings. The fraction of sp³-hybridized carbons (Fsp3) is 0.357. The van der Waals surface area contributed by atoms with Gasteiger partial charge in [0.2, 0.25) is 5.91 Å². The van der Waals surface area contributed by atoms with E-state index in [-0.39, 0.29) is 17.5 Å². The summed E-state index contributed by atoms with van der Waals surface area (Å²) in [5, 5.41) is 11.5. The van der Waals surface area contributed by atoms with Gasteiger partial charge >= 0.3 is 0 Å². The van der Waals surface area contributed by atoms with Crippen LogP contribution in [-0.2, 0) is 16.6 Å². The van der Waals surface area contributed by atoms with Crippen molar-refractivity contribution in [2.24, 2.45) is 7.05 Å². The van der Waals surface area contributed by atoms with E-state index in [1.54, 1.807) is 23.8 Å². The van der Waals surface area contributed by atoms with Gasteiger partial charge in [0.25, 0.3) is 0 Å². The van der Waals surface area contributed by atoms with Crippen molar-refractivity contribution in [2.75, 3.05) is 26.0 Å². The molecule has 22 heavy (non-hydrogen) atoms. The van der Waals surface area contributed by atoms with Gasteiger partial charge in [0.05, 0.1) is 12.4 Å². The fourth-order valence-corrected chi connectivity index (χ4v) is 2.51. The third-order valence-corrected chi connectivity index (χ3v) is 3.92. The molecule has 0 atom stereocenters. The van der Waals surface area contributed by atoms with E-state index >= 15 is 0 Å². The maximum Gasteiger partial charge on any atom is 0.230 e. The van der Waals surface area contributed by atoms with Gasteiger partial charge in [0.1, 0.15) is 5.82 Å². The molecule has 1 N–H and O–H groups in total. The van der Waals surface area contributed by atoms with Crippen molar-refractivity contribution in [3.05, 3.63) is 30.1 Å². The molecular weight excluding hydrogens is 307 g/mol. The van der Waals surface area contributed by atoms with Crippen LogP contribution in [0.5, 0.6) is 0 Å². The number of carbonyl (C=O) groups excluding carboxylic acids is 1. The average molecular weight is 324 g/mol. The summed E-state index contributed by atoms with van der Waals surface area (Å²) >= 11 is 1.29. The first-order valence-electron chi connectivity index (χ1n) is 6.65. The fourth-order valence-electron chi connectivity index (χ4n) is 1.76. The Morgan fingerprint density at radius 1 is 1.36 bits per heavy atom. The Balaban J connectivity index is 1.96. The first-order valence-corrected chi connectivity index (χ1v) is 7.64. The van der Waals surface area contributed by atoms with Crippen molar-refractivity contribution in [3.63, 3.8) is 0 Å². The smallest absolute Gasteiger partial charge is 0.230 e. The number of nitrogens with zero attached hydrogens (tertiary/aromatic N) is 3. The van der Waals surface area contributed by atoms with Crippen LogP contribution in [0.3, 0.4) is 0 Å². The van der Waals surface area contributed by atoms with Gasteiger partial charge in [-0.2, -0.15) is 0 Å². The Morgan fingerprint density at radius 3 is 2.77 bits per heavy atom. The largest absolute Gasteiger partial charge is 0.383 e. The van der Waals surface area contributed by atoms with Gasteiger partial charge in [-0.3, -0.25) is 4.79 Å². The van der Waals surface area contributed by atoms with Crippen LogP contribution in [0.15, 0.2) is 29.4 Å². The second-order valence-corrected chi connectivity index (χ2v) is 5.45. The van der Waals surface area contributed by atoms with Crippen LogP contribution in [0, 0.1) is 5.82 Å². The lowest BCUT2D eigenvalue weighted by Gasteiger charge is -2.05. The summed E-state index contributed by atoms with van der Waals surface area (Å²) < 4.78 is 19.6. The molecule has 0 fully saturated rings. The van der Waals surface area contributed by atoms with Crippen molar-refractivity contribution in [1.29, 1.82) is 0 Å². The Morgan fingerprint density at radius 2 is 2.09 bits per heavy atom. The molecule has 1 amide bonds. The van der Waals surface area contributed by atoms with Gasteiger partial charge in [-0.1, -0.05) is 11.8 Å². The number of thioether (sulfide) groups is 1. The molecule has 0 saturated carbocycles. The highest BCUT2D eigenvalue weighted by Crippen LogP contribution is 2.22.